The van der Waals surface area contributed by atoms with Crippen LogP contribution in [0.15, 0.2) is 35.0 Å². The summed E-state index contributed by atoms with van der Waals surface area (Å²) in [5.41, 5.74) is 0. The van der Waals surface area contributed by atoms with Crippen LogP contribution in [0.25, 0.3) is 37.6 Å². The molecule has 116 valence electrons. The molecule has 0 atom stereocenters. The summed E-state index contributed by atoms with van der Waals surface area (Å²) >= 11 is 17.0. The fourth-order valence-corrected chi connectivity index (χ4v) is 10.8. The highest BCUT2D eigenvalue weighted by atomic mass is 32.1. The van der Waals surface area contributed by atoms with Crippen LogP contribution in [-0.4, -0.2) is 4.86 Å². The lowest BCUT2D eigenvalue weighted by molar-refractivity contribution is 2.02. The Hall–Kier alpha value is -0.670. The monoisotopic (exact) mass is 434 g/mol. The van der Waals surface area contributed by atoms with E-state index in [2.05, 4.69) is 35.0 Å². The fraction of sp³-hybridized carbons (Fsp3) is 0. The molecule has 0 spiro atoms. The van der Waals surface area contributed by atoms with Gasteiger partial charge >= 0.3 is 0 Å². The van der Waals surface area contributed by atoms with E-state index in [1.54, 1.807) is 0 Å². The van der Waals surface area contributed by atoms with Crippen molar-refractivity contribution in [3.63, 3.8) is 0 Å². The minimum atomic E-state index is 1.01. The number of hydrogen-bond acceptors (Lipinski definition) is 7. The van der Waals surface area contributed by atoms with Gasteiger partial charge in [0.1, 0.15) is 0 Å². The van der Waals surface area contributed by atoms with E-state index in [0.717, 1.165) is 4.86 Å². The topological polar surface area (TPSA) is 0 Å². The molecule has 6 heterocycles. The van der Waals surface area contributed by atoms with E-state index in [9.17, 15) is 0 Å². The zero-order chi connectivity index (χ0) is 15.8. The predicted octanol–water partition coefficient (Wildman–Crippen LogP) is 8.43. The highest BCUT2D eigenvalue weighted by molar-refractivity contribution is 7.82. The predicted molar refractivity (Wildman–Crippen MR) is 121 cm³/mol. The maximum absolute atomic E-state index is 5.84. The molecule has 0 saturated carbocycles. The van der Waals surface area contributed by atoms with Crippen LogP contribution >= 0.6 is 80.2 Å². The summed E-state index contributed by atoms with van der Waals surface area (Å²) < 4.78 is 11.2. The van der Waals surface area contributed by atoms with Crippen LogP contribution in [0.5, 0.6) is 0 Å². The van der Waals surface area contributed by atoms with Crippen LogP contribution in [-0.2, 0) is 0 Å². The normalized spacial score (nSPS) is 12.3. The van der Waals surface area contributed by atoms with Gasteiger partial charge in [-0.3, -0.25) is 0 Å². The van der Waals surface area contributed by atoms with Crippen molar-refractivity contribution >= 4 is 123 Å². The Labute approximate surface area is 166 Å². The minimum absolute atomic E-state index is 1.01. The van der Waals surface area contributed by atoms with E-state index in [4.69, 9.17) is 12.2 Å². The molecule has 0 aliphatic rings. The zero-order valence-corrected chi connectivity index (χ0v) is 17.5. The zero-order valence-electron chi connectivity index (χ0n) is 11.8. The molecule has 0 fully saturated rings. The van der Waals surface area contributed by atoms with E-state index >= 15 is 0 Å². The maximum atomic E-state index is 5.84. The first kappa shape index (κ1) is 14.5. The van der Waals surface area contributed by atoms with Crippen LogP contribution < -0.4 is 0 Å². The summed E-state index contributed by atoms with van der Waals surface area (Å²) in [7, 11) is 0. The molecular weight excluding hydrogens is 429 g/mol. The van der Waals surface area contributed by atoms with Crippen molar-refractivity contribution in [3.8, 4) is 0 Å². The molecule has 0 unspecified atom stereocenters. The molecular formula is C17H6S7. The lowest BCUT2D eigenvalue weighted by Gasteiger charge is -1.95. The summed E-state index contributed by atoms with van der Waals surface area (Å²) in [6.45, 7) is 0. The fourth-order valence-electron chi connectivity index (χ4n) is 2.89. The van der Waals surface area contributed by atoms with Crippen molar-refractivity contribution in [2.45, 2.75) is 0 Å². The Bertz CT molecular complexity index is 1270. The molecule has 0 aromatic carbocycles. The third-order valence-corrected chi connectivity index (χ3v) is 11.8. The number of hydrogen-bond donors (Lipinski definition) is 0. The molecule has 0 radical (unpaired) electrons. The summed E-state index contributed by atoms with van der Waals surface area (Å²) in [6, 6.07) is 9.01. The van der Waals surface area contributed by atoms with Gasteiger partial charge < -0.3 is 0 Å². The van der Waals surface area contributed by atoms with Gasteiger partial charge in [0.25, 0.3) is 0 Å². The van der Waals surface area contributed by atoms with E-state index in [1.807, 2.05) is 68.0 Å². The highest BCUT2D eigenvalue weighted by Gasteiger charge is 2.17. The molecule has 0 bridgehead atoms. The maximum Gasteiger partial charge on any atom is 0.0722 e. The molecule has 6 rings (SSSR count). The third kappa shape index (κ3) is 1.94. The second-order valence-corrected chi connectivity index (χ2v) is 11.9. The second kappa shape index (κ2) is 5.17. The molecule has 24 heavy (non-hydrogen) atoms. The molecule has 0 N–H and O–H groups in total. The van der Waals surface area contributed by atoms with Crippen molar-refractivity contribution < 1.29 is 0 Å². The largest absolute Gasteiger partial charge is 0.141 e. The van der Waals surface area contributed by atoms with Gasteiger partial charge in [-0.15, -0.1) is 68.0 Å². The van der Waals surface area contributed by atoms with Crippen LogP contribution in [0.1, 0.15) is 9.75 Å². The van der Waals surface area contributed by atoms with Gasteiger partial charge in [0.2, 0.25) is 0 Å². The van der Waals surface area contributed by atoms with Gasteiger partial charge in [0.05, 0.1) is 23.7 Å². The van der Waals surface area contributed by atoms with E-state index in [-0.39, 0.29) is 0 Å². The average molecular weight is 435 g/mol. The van der Waals surface area contributed by atoms with Crippen LogP contribution in [0.4, 0.5) is 0 Å². The molecule has 0 nitrogen and oxygen atoms in total. The van der Waals surface area contributed by atoms with Gasteiger partial charge in [0, 0.05) is 28.6 Å². The molecule has 6 aromatic heterocycles. The summed E-state index contributed by atoms with van der Waals surface area (Å²) in [4.78, 5) is 3.47. The van der Waals surface area contributed by atoms with Crippen LogP contribution in [0.2, 0.25) is 0 Å². The van der Waals surface area contributed by atoms with Gasteiger partial charge in [-0.25, -0.2) is 0 Å². The van der Waals surface area contributed by atoms with E-state index in [1.165, 1.54) is 47.4 Å². The minimum Gasteiger partial charge on any atom is -0.141 e. The smallest absolute Gasteiger partial charge is 0.0722 e. The van der Waals surface area contributed by atoms with Crippen molar-refractivity contribution in [2.75, 3.05) is 0 Å². The summed E-state index contributed by atoms with van der Waals surface area (Å²) in [5, 5.41) is 4.36. The van der Waals surface area contributed by atoms with Gasteiger partial charge in [-0.2, -0.15) is 0 Å². The van der Waals surface area contributed by atoms with Crippen LogP contribution in [0.3, 0.4) is 0 Å². The number of thiocarbonyl (C=S) groups is 1. The Kier molecular flexibility index (Phi) is 3.12. The standard InChI is InChI=1S/C17H6S7/c18-13(9-5-11-16(23-9)14-7(21-11)1-3-19-14)10-6-12-17(24-10)15-8(22-12)2-4-20-15/h1-6H. The molecule has 7 heteroatoms. The SMILES string of the molecule is S=C(c1cc2sc3ccsc3c2s1)c1cc2sc3ccsc3c2s1. The van der Waals surface area contributed by atoms with Gasteiger partial charge in [0.15, 0.2) is 0 Å². The third-order valence-electron chi connectivity index (χ3n) is 3.95. The quantitative estimate of drug-likeness (QED) is 0.195. The average Bonchev–Trinajstić information content (AvgIpc) is 3.32. The molecule has 0 amide bonds. The molecule has 0 aliphatic carbocycles. The first-order valence-corrected chi connectivity index (χ1v) is 12.5. The lowest BCUT2D eigenvalue weighted by Crippen LogP contribution is -1.91. The number of thiophene rings is 6. The summed E-state index contributed by atoms with van der Waals surface area (Å²) in [5.74, 6) is 0. The first-order valence-electron chi connectivity index (χ1n) is 7.12. The van der Waals surface area contributed by atoms with Crippen molar-refractivity contribution in [3.05, 3.63) is 44.8 Å². The Balaban J connectivity index is 1.51. The molecule has 0 aliphatic heterocycles. The van der Waals surface area contributed by atoms with E-state index in [0.29, 0.717) is 0 Å². The van der Waals surface area contributed by atoms with Crippen molar-refractivity contribution in [1.29, 1.82) is 0 Å². The Morgan fingerprint density at radius 3 is 1.62 bits per heavy atom. The lowest BCUT2D eigenvalue weighted by atomic mass is 10.3. The van der Waals surface area contributed by atoms with Crippen molar-refractivity contribution in [1.82, 2.24) is 0 Å². The molecule has 0 saturated heterocycles. The van der Waals surface area contributed by atoms with E-state index < -0.39 is 0 Å². The van der Waals surface area contributed by atoms with Crippen LogP contribution in [0, 0.1) is 0 Å². The van der Waals surface area contributed by atoms with Gasteiger partial charge in [-0.05, 0) is 35.0 Å². The second-order valence-electron chi connectivity index (χ2n) is 5.37. The Morgan fingerprint density at radius 2 is 1.12 bits per heavy atom. The number of rotatable bonds is 2. The number of fused-ring (bicyclic) bond motifs is 6. The Morgan fingerprint density at radius 1 is 0.625 bits per heavy atom. The van der Waals surface area contributed by atoms with Gasteiger partial charge in [-0.1, -0.05) is 12.2 Å². The summed E-state index contributed by atoms with van der Waals surface area (Å²) in [6.07, 6.45) is 0. The highest BCUT2D eigenvalue weighted by Crippen LogP contribution is 2.45. The van der Waals surface area contributed by atoms with Crippen molar-refractivity contribution in [2.24, 2.45) is 0 Å². The molecule has 6 aromatic rings. The first-order chi connectivity index (χ1) is 11.8.